The molecule has 2 aromatic rings. The van der Waals surface area contributed by atoms with Crippen molar-refractivity contribution in [2.45, 2.75) is 12.6 Å². The molecule has 1 aliphatic rings. The zero-order valence-electron chi connectivity index (χ0n) is 12.3. The van der Waals surface area contributed by atoms with Crippen molar-refractivity contribution in [3.63, 3.8) is 0 Å². The van der Waals surface area contributed by atoms with E-state index in [1.165, 1.54) is 0 Å². The molecule has 3 rings (SSSR count). The average Bonchev–Trinajstić information content (AvgIpc) is 2.81. The van der Waals surface area contributed by atoms with Gasteiger partial charge in [0, 0.05) is 25.0 Å². The van der Waals surface area contributed by atoms with E-state index in [9.17, 15) is 4.79 Å². The predicted octanol–water partition coefficient (Wildman–Crippen LogP) is 1.83. The lowest BCUT2D eigenvalue weighted by atomic mass is 9.91. The highest BCUT2D eigenvalue weighted by atomic mass is 16.7. The number of benzene rings is 1. The van der Waals surface area contributed by atoms with Crippen LogP contribution in [0.15, 0.2) is 42.7 Å². The van der Waals surface area contributed by atoms with Crippen molar-refractivity contribution in [1.82, 2.24) is 15.4 Å². The first-order valence-electron chi connectivity index (χ1n) is 6.71. The van der Waals surface area contributed by atoms with Crippen molar-refractivity contribution in [2.75, 3.05) is 14.2 Å². The number of carbonyl (C=O) groups is 1. The molecule has 0 bridgehead atoms. The Balaban J connectivity index is 2.28. The van der Waals surface area contributed by atoms with Crippen LogP contribution in [-0.4, -0.2) is 30.1 Å². The van der Waals surface area contributed by atoms with Crippen LogP contribution in [0, 0.1) is 6.92 Å². The Labute approximate surface area is 123 Å². The second-order valence-corrected chi connectivity index (χ2v) is 5.14. The summed E-state index contributed by atoms with van der Waals surface area (Å²) in [4.78, 5) is 21.8. The Hall–Kier alpha value is -2.24. The van der Waals surface area contributed by atoms with E-state index >= 15 is 0 Å². The van der Waals surface area contributed by atoms with Gasteiger partial charge in [0.1, 0.15) is 0 Å². The Morgan fingerprint density at radius 3 is 2.86 bits per heavy atom. The van der Waals surface area contributed by atoms with E-state index in [0.29, 0.717) is 5.56 Å². The summed E-state index contributed by atoms with van der Waals surface area (Å²) in [7, 11) is 3.39. The summed E-state index contributed by atoms with van der Waals surface area (Å²) >= 11 is 0. The molecule has 5 heteroatoms. The third-order valence-electron chi connectivity index (χ3n) is 3.93. The fraction of sp³-hybridized carbons (Fsp3) is 0.250. The Morgan fingerprint density at radius 2 is 2.14 bits per heavy atom. The van der Waals surface area contributed by atoms with Crippen LogP contribution in [0.3, 0.4) is 0 Å². The molecular formula is C16H17N3O2. The van der Waals surface area contributed by atoms with Crippen LogP contribution in [0.1, 0.15) is 27.0 Å². The second kappa shape index (κ2) is 4.95. The van der Waals surface area contributed by atoms with E-state index in [2.05, 4.69) is 10.3 Å². The summed E-state index contributed by atoms with van der Waals surface area (Å²) in [6.45, 7) is 2.02. The van der Waals surface area contributed by atoms with Crippen molar-refractivity contribution in [1.29, 1.82) is 0 Å². The fourth-order valence-electron chi connectivity index (χ4n) is 2.85. The minimum Gasteiger partial charge on any atom is -0.324 e. The molecule has 1 N–H and O–H groups in total. The van der Waals surface area contributed by atoms with Crippen LogP contribution in [0.2, 0.25) is 0 Å². The van der Waals surface area contributed by atoms with Gasteiger partial charge in [0.15, 0.2) is 5.66 Å². The summed E-state index contributed by atoms with van der Waals surface area (Å²) in [6, 6.07) is 9.88. The number of fused-ring (bicyclic) bond motifs is 1. The monoisotopic (exact) mass is 283 g/mol. The highest BCUT2D eigenvalue weighted by Crippen LogP contribution is 2.39. The lowest BCUT2D eigenvalue weighted by Crippen LogP contribution is -2.52. The molecule has 0 fully saturated rings. The molecule has 1 aliphatic heterocycles. The maximum atomic E-state index is 12.3. The summed E-state index contributed by atoms with van der Waals surface area (Å²) in [5.74, 6) is -0.150. The Kier molecular flexibility index (Phi) is 3.23. The van der Waals surface area contributed by atoms with Gasteiger partial charge in [0.25, 0.3) is 5.91 Å². The molecule has 1 aromatic carbocycles. The number of nitrogens with one attached hydrogen (secondary N) is 1. The summed E-state index contributed by atoms with van der Waals surface area (Å²) in [5.41, 5.74) is 2.65. The molecule has 2 heterocycles. The first kappa shape index (κ1) is 13.7. The SMILES string of the molecule is CON(C)C1(c2cccc(C)c2)NC(=O)c2cnccc21. The maximum absolute atomic E-state index is 12.3. The topological polar surface area (TPSA) is 54.5 Å². The largest absolute Gasteiger partial charge is 0.324 e. The van der Waals surface area contributed by atoms with Crippen LogP contribution < -0.4 is 5.32 Å². The van der Waals surface area contributed by atoms with E-state index in [4.69, 9.17) is 4.84 Å². The number of hydrogen-bond acceptors (Lipinski definition) is 4. The van der Waals surface area contributed by atoms with E-state index < -0.39 is 5.66 Å². The van der Waals surface area contributed by atoms with E-state index in [-0.39, 0.29) is 5.91 Å². The lowest BCUT2D eigenvalue weighted by molar-refractivity contribution is -0.178. The molecular weight excluding hydrogens is 266 g/mol. The van der Waals surface area contributed by atoms with E-state index in [1.54, 1.807) is 31.6 Å². The Bertz CT molecular complexity index is 701. The number of amides is 1. The number of pyridine rings is 1. The first-order valence-corrected chi connectivity index (χ1v) is 6.71. The van der Waals surface area contributed by atoms with Gasteiger partial charge in [-0.05, 0) is 18.6 Å². The zero-order valence-corrected chi connectivity index (χ0v) is 12.3. The van der Waals surface area contributed by atoms with Crippen LogP contribution in [0.25, 0.3) is 0 Å². The van der Waals surface area contributed by atoms with Crippen molar-refractivity contribution >= 4 is 5.91 Å². The Morgan fingerprint density at radius 1 is 1.33 bits per heavy atom. The fourth-order valence-corrected chi connectivity index (χ4v) is 2.85. The molecule has 1 aromatic heterocycles. The van der Waals surface area contributed by atoms with Crippen LogP contribution in [0.4, 0.5) is 0 Å². The quantitative estimate of drug-likeness (QED) is 0.873. The number of nitrogens with zero attached hydrogens (tertiary/aromatic N) is 2. The number of aromatic nitrogens is 1. The minimum absolute atomic E-state index is 0.150. The molecule has 108 valence electrons. The lowest BCUT2D eigenvalue weighted by Gasteiger charge is -2.38. The van der Waals surface area contributed by atoms with Gasteiger partial charge in [-0.25, -0.2) is 0 Å². The summed E-state index contributed by atoms with van der Waals surface area (Å²) < 4.78 is 0. The van der Waals surface area contributed by atoms with E-state index in [1.807, 2.05) is 37.3 Å². The first-order chi connectivity index (χ1) is 10.1. The normalized spacial score (nSPS) is 20.5. The second-order valence-electron chi connectivity index (χ2n) is 5.14. The molecule has 21 heavy (non-hydrogen) atoms. The molecule has 0 saturated heterocycles. The van der Waals surface area contributed by atoms with Gasteiger partial charge in [0.2, 0.25) is 0 Å². The minimum atomic E-state index is -0.837. The molecule has 0 saturated carbocycles. The maximum Gasteiger partial charge on any atom is 0.255 e. The van der Waals surface area contributed by atoms with Crippen LogP contribution >= 0.6 is 0 Å². The van der Waals surface area contributed by atoms with Crippen LogP contribution in [0.5, 0.6) is 0 Å². The third-order valence-corrected chi connectivity index (χ3v) is 3.93. The van der Waals surface area contributed by atoms with Crippen molar-refractivity contribution < 1.29 is 9.63 Å². The molecule has 0 spiro atoms. The van der Waals surface area contributed by atoms with Crippen molar-refractivity contribution in [3.8, 4) is 0 Å². The molecule has 0 aliphatic carbocycles. The molecule has 1 atom stereocenters. The summed E-state index contributed by atoms with van der Waals surface area (Å²) in [6.07, 6.45) is 3.28. The standard InChI is InChI=1S/C16H17N3O2/c1-11-5-4-6-12(9-11)16(19(2)21-3)14-7-8-17-10-13(14)15(20)18-16/h4-10H,1-3H3,(H,18,20). The number of hydroxylamine groups is 2. The van der Waals surface area contributed by atoms with Gasteiger partial charge in [0.05, 0.1) is 12.7 Å². The highest BCUT2D eigenvalue weighted by molar-refractivity contribution is 6.00. The molecule has 0 radical (unpaired) electrons. The van der Waals surface area contributed by atoms with E-state index in [0.717, 1.165) is 16.7 Å². The predicted molar refractivity (Wildman–Crippen MR) is 78.4 cm³/mol. The van der Waals surface area contributed by atoms with Gasteiger partial charge in [-0.15, -0.1) is 0 Å². The smallest absolute Gasteiger partial charge is 0.255 e. The zero-order chi connectivity index (χ0) is 15.0. The number of carbonyl (C=O) groups excluding carboxylic acids is 1. The van der Waals surface area contributed by atoms with Gasteiger partial charge < -0.3 is 5.32 Å². The van der Waals surface area contributed by atoms with Crippen LogP contribution in [-0.2, 0) is 10.5 Å². The number of rotatable bonds is 3. The van der Waals surface area contributed by atoms with Gasteiger partial charge in [-0.1, -0.05) is 29.8 Å². The molecule has 1 unspecified atom stereocenters. The van der Waals surface area contributed by atoms with Gasteiger partial charge in [-0.2, -0.15) is 5.06 Å². The van der Waals surface area contributed by atoms with Crippen molar-refractivity contribution in [3.05, 3.63) is 65.0 Å². The van der Waals surface area contributed by atoms with Crippen molar-refractivity contribution in [2.24, 2.45) is 0 Å². The molecule has 5 nitrogen and oxygen atoms in total. The summed E-state index contributed by atoms with van der Waals surface area (Å²) in [5, 5.41) is 4.71. The highest BCUT2D eigenvalue weighted by Gasteiger charge is 2.48. The molecule has 1 amide bonds. The third kappa shape index (κ3) is 1.93. The number of hydrogen-bond donors (Lipinski definition) is 1. The van der Waals surface area contributed by atoms with Gasteiger partial charge in [-0.3, -0.25) is 14.6 Å². The average molecular weight is 283 g/mol. The number of aryl methyl sites for hydroxylation is 1. The van der Waals surface area contributed by atoms with Gasteiger partial charge >= 0.3 is 0 Å².